The number of para-hydroxylation sites is 1. The summed E-state index contributed by atoms with van der Waals surface area (Å²) in [5.74, 6) is -0.455. The first-order valence-corrected chi connectivity index (χ1v) is 11.2. The van der Waals surface area contributed by atoms with Crippen LogP contribution >= 0.6 is 0 Å². The SMILES string of the molecule is CCOC(=O)Nc1cccc(C(=O)Nc2cccc(S(=O)(=O)N(C)c3ccccc3)c2)c1. The van der Waals surface area contributed by atoms with Gasteiger partial charge in [-0.25, -0.2) is 13.2 Å². The molecule has 0 aliphatic carbocycles. The molecule has 0 saturated carbocycles. The number of rotatable bonds is 7. The van der Waals surface area contributed by atoms with Gasteiger partial charge in [0.2, 0.25) is 0 Å². The monoisotopic (exact) mass is 453 g/mol. The minimum absolute atomic E-state index is 0.0411. The van der Waals surface area contributed by atoms with Gasteiger partial charge in [-0.3, -0.25) is 14.4 Å². The van der Waals surface area contributed by atoms with Gasteiger partial charge in [0, 0.05) is 24.0 Å². The van der Waals surface area contributed by atoms with E-state index in [1.54, 1.807) is 67.6 Å². The Labute approximate surface area is 186 Å². The average molecular weight is 454 g/mol. The number of nitrogens with one attached hydrogen (secondary N) is 2. The van der Waals surface area contributed by atoms with Crippen molar-refractivity contribution in [2.75, 3.05) is 28.6 Å². The fourth-order valence-electron chi connectivity index (χ4n) is 2.90. The Morgan fingerprint density at radius 2 is 1.53 bits per heavy atom. The number of hydrogen-bond donors (Lipinski definition) is 2. The fourth-order valence-corrected chi connectivity index (χ4v) is 4.14. The molecule has 0 radical (unpaired) electrons. The maximum absolute atomic E-state index is 13.0. The summed E-state index contributed by atoms with van der Waals surface area (Å²) in [5, 5.41) is 5.22. The van der Waals surface area contributed by atoms with Crippen molar-refractivity contribution >= 4 is 39.1 Å². The second-order valence-electron chi connectivity index (χ2n) is 6.72. The summed E-state index contributed by atoms with van der Waals surface area (Å²) in [5.41, 5.74) is 1.53. The number of nitrogens with zero attached hydrogens (tertiary/aromatic N) is 1. The molecule has 8 nitrogen and oxygen atoms in total. The number of hydrogen-bond acceptors (Lipinski definition) is 5. The van der Waals surface area contributed by atoms with Gasteiger partial charge in [-0.15, -0.1) is 0 Å². The Morgan fingerprint density at radius 1 is 0.875 bits per heavy atom. The van der Waals surface area contributed by atoms with E-state index in [4.69, 9.17) is 4.74 Å². The molecule has 3 rings (SSSR count). The molecule has 2 amide bonds. The number of ether oxygens (including phenoxy) is 1. The minimum atomic E-state index is -3.82. The van der Waals surface area contributed by atoms with E-state index in [9.17, 15) is 18.0 Å². The molecule has 32 heavy (non-hydrogen) atoms. The van der Waals surface area contributed by atoms with Gasteiger partial charge in [0.05, 0.1) is 17.2 Å². The maximum atomic E-state index is 13.0. The highest BCUT2D eigenvalue weighted by atomic mass is 32.2. The molecule has 3 aromatic rings. The molecule has 166 valence electrons. The minimum Gasteiger partial charge on any atom is -0.450 e. The Balaban J connectivity index is 1.77. The van der Waals surface area contributed by atoms with Crippen molar-refractivity contribution in [3.8, 4) is 0 Å². The third-order valence-electron chi connectivity index (χ3n) is 4.52. The first-order valence-electron chi connectivity index (χ1n) is 9.80. The number of sulfonamides is 1. The molecule has 0 heterocycles. The van der Waals surface area contributed by atoms with Crippen molar-refractivity contribution < 1.29 is 22.7 Å². The molecule has 0 aliphatic heterocycles. The van der Waals surface area contributed by atoms with Crippen LogP contribution in [0, 0.1) is 0 Å². The first kappa shape index (κ1) is 22.8. The summed E-state index contributed by atoms with van der Waals surface area (Å²) in [4.78, 5) is 24.3. The van der Waals surface area contributed by atoms with Gasteiger partial charge in [0.25, 0.3) is 15.9 Å². The molecule has 3 aromatic carbocycles. The van der Waals surface area contributed by atoms with E-state index in [0.717, 1.165) is 0 Å². The summed E-state index contributed by atoms with van der Waals surface area (Å²) < 4.78 is 32.0. The van der Waals surface area contributed by atoms with E-state index in [1.165, 1.54) is 29.6 Å². The van der Waals surface area contributed by atoms with E-state index in [1.807, 2.05) is 0 Å². The van der Waals surface area contributed by atoms with E-state index in [0.29, 0.717) is 17.1 Å². The Morgan fingerprint density at radius 3 is 2.22 bits per heavy atom. The zero-order chi connectivity index (χ0) is 23.1. The van der Waals surface area contributed by atoms with Gasteiger partial charge < -0.3 is 10.1 Å². The van der Waals surface area contributed by atoms with Crippen molar-refractivity contribution in [3.05, 3.63) is 84.4 Å². The number of amides is 2. The van der Waals surface area contributed by atoms with Crippen molar-refractivity contribution in [1.29, 1.82) is 0 Å². The predicted molar refractivity (Wildman–Crippen MR) is 124 cm³/mol. The quantitative estimate of drug-likeness (QED) is 0.554. The molecule has 0 fully saturated rings. The van der Waals surface area contributed by atoms with Gasteiger partial charge in [-0.05, 0) is 55.5 Å². The Bertz CT molecular complexity index is 1210. The van der Waals surface area contributed by atoms with Crippen LogP contribution in [-0.4, -0.2) is 34.1 Å². The largest absolute Gasteiger partial charge is 0.450 e. The molecule has 0 spiro atoms. The van der Waals surface area contributed by atoms with Crippen LogP contribution in [0.3, 0.4) is 0 Å². The van der Waals surface area contributed by atoms with Crippen LogP contribution in [0.25, 0.3) is 0 Å². The van der Waals surface area contributed by atoms with Crippen LogP contribution in [0.4, 0.5) is 21.9 Å². The molecule has 0 unspecified atom stereocenters. The number of anilines is 3. The Hall–Kier alpha value is -3.85. The molecule has 0 bridgehead atoms. The fraction of sp³-hybridized carbons (Fsp3) is 0.130. The van der Waals surface area contributed by atoms with Gasteiger partial charge in [0.15, 0.2) is 0 Å². The number of carbonyl (C=O) groups excluding carboxylic acids is 2. The van der Waals surface area contributed by atoms with E-state index < -0.39 is 22.0 Å². The third kappa shape index (κ3) is 5.44. The molecular weight excluding hydrogens is 430 g/mol. The van der Waals surface area contributed by atoms with Gasteiger partial charge in [-0.2, -0.15) is 0 Å². The molecule has 0 atom stereocenters. The molecule has 2 N–H and O–H groups in total. The highest BCUT2D eigenvalue weighted by Crippen LogP contribution is 2.24. The van der Waals surface area contributed by atoms with Crippen molar-refractivity contribution in [2.24, 2.45) is 0 Å². The lowest BCUT2D eigenvalue weighted by Crippen LogP contribution is -2.26. The van der Waals surface area contributed by atoms with E-state index in [2.05, 4.69) is 10.6 Å². The third-order valence-corrected chi connectivity index (χ3v) is 6.30. The standard InChI is InChI=1S/C23H23N3O5S/c1-3-31-23(28)25-18-10-7-9-17(15-18)22(27)24-19-11-8-14-21(16-19)32(29,30)26(2)20-12-5-4-6-13-20/h4-16H,3H2,1-2H3,(H,24,27)(H,25,28). The van der Waals surface area contributed by atoms with Crippen LogP contribution in [-0.2, 0) is 14.8 Å². The normalized spacial score (nSPS) is 10.8. The molecule has 9 heteroatoms. The summed E-state index contributed by atoms with van der Waals surface area (Å²) in [6, 6.07) is 21.0. The van der Waals surface area contributed by atoms with Crippen molar-refractivity contribution in [2.45, 2.75) is 11.8 Å². The highest BCUT2D eigenvalue weighted by molar-refractivity contribution is 7.92. The van der Waals surface area contributed by atoms with Crippen molar-refractivity contribution in [1.82, 2.24) is 0 Å². The van der Waals surface area contributed by atoms with Crippen LogP contribution in [0.15, 0.2) is 83.8 Å². The van der Waals surface area contributed by atoms with Crippen LogP contribution < -0.4 is 14.9 Å². The van der Waals surface area contributed by atoms with E-state index in [-0.39, 0.29) is 17.1 Å². The zero-order valence-corrected chi connectivity index (χ0v) is 18.4. The molecular formula is C23H23N3O5S. The zero-order valence-electron chi connectivity index (χ0n) is 17.6. The van der Waals surface area contributed by atoms with Gasteiger partial charge in [-0.1, -0.05) is 30.3 Å². The van der Waals surface area contributed by atoms with Gasteiger partial charge >= 0.3 is 6.09 Å². The topological polar surface area (TPSA) is 105 Å². The summed E-state index contributed by atoms with van der Waals surface area (Å²) in [7, 11) is -2.35. The van der Waals surface area contributed by atoms with E-state index >= 15 is 0 Å². The van der Waals surface area contributed by atoms with Crippen LogP contribution in [0.5, 0.6) is 0 Å². The average Bonchev–Trinajstić information content (AvgIpc) is 2.79. The molecule has 0 aliphatic rings. The highest BCUT2D eigenvalue weighted by Gasteiger charge is 2.21. The predicted octanol–water partition coefficient (Wildman–Crippen LogP) is 4.33. The lowest BCUT2D eigenvalue weighted by molar-refractivity contribution is 0.102. The van der Waals surface area contributed by atoms with Crippen LogP contribution in [0.2, 0.25) is 0 Å². The number of benzene rings is 3. The number of carbonyl (C=O) groups is 2. The second kappa shape index (κ2) is 9.97. The molecule has 0 aromatic heterocycles. The molecule has 0 saturated heterocycles. The van der Waals surface area contributed by atoms with Crippen molar-refractivity contribution in [3.63, 3.8) is 0 Å². The van der Waals surface area contributed by atoms with Crippen LogP contribution in [0.1, 0.15) is 17.3 Å². The lowest BCUT2D eigenvalue weighted by atomic mass is 10.2. The maximum Gasteiger partial charge on any atom is 0.411 e. The summed E-state index contributed by atoms with van der Waals surface area (Å²) in [6.07, 6.45) is -0.620. The summed E-state index contributed by atoms with van der Waals surface area (Å²) >= 11 is 0. The first-order chi connectivity index (χ1) is 15.3. The Kier molecular flexibility index (Phi) is 7.11. The second-order valence-corrected chi connectivity index (χ2v) is 8.69. The van der Waals surface area contributed by atoms with Gasteiger partial charge in [0.1, 0.15) is 0 Å². The lowest BCUT2D eigenvalue weighted by Gasteiger charge is -2.20. The smallest absolute Gasteiger partial charge is 0.411 e. The summed E-state index contributed by atoms with van der Waals surface area (Å²) in [6.45, 7) is 1.92.